The molecule has 2 N–H and O–H groups in total. The minimum absolute atomic E-state index is 0.166. The van der Waals surface area contributed by atoms with Gasteiger partial charge in [-0.3, -0.25) is 9.69 Å². The minimum Gasteiger partial charge on any atom is -0.387 e. The smallest absolute Gasteiger partial charge is 0.325 e. The van der Waals surface area contributed by atoms with Crippen molar-refractivity contribution < 1.29 is 19.1 Å². The molecular formula is C19H17FN2O3. The topological polar surface area (TPSA) is 69.6 Å². The number of hydrogen-bond acceptors (Lipinski definition) is 3. The van der Waals surface area contributed by atoms with Crippen LogP contribution >= 0.6 is 0 Å². The van der Waals surface area contributed by atoms with Crippen molar-refractivity contribution in [3.63, 3.8) is 0 Å². The monoisotopic (exact) mass is 340 g/mol. The van der Waals surface area contributed by atoms with Gasteiger partial charge in [0, 0.05) is 0 Å². The zero-order chi connectivity index (χ0) is 17.6. The molecule has 1 aliphatic heterocycles. The fourth-order valence-corrected chi connectivity index (χ4v) is 3.72. The summed E-state index contributed by atoms with van der Waals surface area (Å²) in [4.78, 5) is 26.4. The van der Waals surface area contributed by atoms with E-state index >= 15 is 0 Å². The fraction of sp³-hybridized carbons (Fsp3) is 0.263. The molecule has 2 aromatic rings. The molecule has 1 spiro atoms. The molecule has 0 bridgehead atoms. The number of benzene rings is 2. The SMILES string of the molecule is O=C1N[C@@]2(CCc3ccccc32)C(=O)N1C[C@@H](O)c1ccc(F)cc1. The van der Waals surface area contributed by atoms with Crippen molar-refractivity contribution in [1.29, 1.82) is 0 Å². The van der Waals surface area contributed by atoms with Crippen LogP contribution in [0, 0.1) is 5.82 Å². The molecular weight excluding hydrogens is 323 g/mol. The van der Waals surface area contributed by atoms with Crippen LogP contribution < -0.4 is 5.32 Å². The van der Waals surface area contributed by atoms with Gasteiger partial charge in [-0.15, -0.1) is 0 Å². The maximum absolute atomic E-state index is 13.0. The Kier molecular flexibility index (Phi) is 3.58. The van der Waals surface area contributed by atoms with Crippen LogP contribution in [0.25, 0.3) is 0 Å². The minimum atomic E-state index is -1.07. The summed E-state index contributed by atoms with van der Waals surface area (Å²) in [5, 5.41) is 13.2. The van der Waals surface area contributed by atoms with Gasteiger partial charge in [-0.1, -0.05) is 36.4 Å². The van der Waals surface area contributed by atoms with Crippen molar-refractivity contribution >= 4 is 11.9 Å². The molecule has 1 heterocycles. The Labute approximate surface area is 144 Å². The summed E-state index contributed by atoms with van der Waals surface area (Å²) in [5.74, 6) is -0.754. The molecule has 0 radical (unpaired) electrons. The number of carbonyl (C=O) groups is 2. The van der Waals surface area contributed by atoms with Crippen molar-refractivity contribution in [1.82, 2.24) is 10.2 Å². The number of aryl methyl sites for hydroxylation is 1. The van der Waals surface area contributed by atoms with Gasteiger partial charge < -0.3 is 10.4 Å². The average molecular weight is 340 g/mol. The lowest BCUT2D eigenvalue weighted by atomic mass is 9.92. The Morgan fingerprint density at radius 1 is 1.16 bits per heavy atom. The molecule has 1 aliphatic carbocycles. The maximum Gasteiger partial charge on any atom is 0.325 e. The molecule has 6 heteroatoms. The van der Waals surface area contributed by atoms with Crippen molar-refractivity contribution in [3.8, 4) is 0 Å². The zero-order valence-corrected chi connectivity index (χ0v) is 13.4. The first-order valence-electron chi connectivity index (χ1n) is 8.17. The number of halogens is 1. The van der Waals surface area contributed by atoms with Gasteiger partial charge in [-0.2, -0.15) is 0 Å². The van der Waals surface area contributed by atoms with Crippen LogP contribution in [0.15, 0.2) is 48.5 Å². The molecule has 2 atom stereocenters. The van der Waals surface area contributed by atoms with Crippen LogP contribution in [-0.4, -0.2) is 28.5 Å². The Bertz CT molecular complexity index is 852. The number of nitrogens with zero attached hydrogens (tertiary/aromatic N) is 1. The van der Waals surface area contributed by atoms with Gasteiger partial charge in [-0.05, 0) is 41.7 Å². The van der Waals surface area contributed by atoms with Gasteiger partial charge in [0.25, 0.3) is 5.91 Å². The lowest BCUT2D eigenvalue weighted by Gasteiger charge is -2.23. The van der Waals surface area contributed by atoms with E-state index in [1.807, 2.05) is 24.3 Å². The van der Waals surface area contributed by atoms with Gasteiger partial charge >= 0.3 is 6.03 Å². The molecule has 0 unspecified atom stereocenters. The first-order valence-corrected chi connectivity index (χ1v) is 8.17. The van der Waals surface area contributed by atoms with Crippen LogP contribution in [0.1, 0.15) is 29.2 Å². The number of hydrogen-bond donors (Lipinski definition) is 2. The molecule has 128 valence electrons. The fourth-order valence-electron chi connectivity index (χ4n) is 3.72. The summed E-state index contributed by atoms with van der Waals surface area (Å²) in [6.07, 6.45) is 0.165. The van der Waals surface area contributed by atoms with E-state index in [1.165, 1.54) is 24.3 Å². The van der Waals surface area contributed by atoms with Crippen molar-refractivity contribution in [2.24, 2.45) is 0 Å². The van der Waals surface area contributed by atoms with E-state index < -0.39 is 23.5 Å². The number of carbonyl (C=O) groups excluding carboxylic acids is 2. The molecule has 1 saturated heterocycles. The molecule has 2 aliphatic rings. The molecule has 3 amide bonds. The Balaban J connectivity index is 1.59. The second-order valence-electron chi connectivity index (χ2n) is 6.48. The van der Waals surface area contributed by atoms with Crippen molar-refractivity contribution in [3.05, 3.63) is 71.0 Å². The number of urea groups is 1. The van der Waals surface area contributed by atoms with Crippen LogP contribution in [0.3, 0.4) is 0 Å². The van der Waals surface area contributed by atoms with Crippen LogP contribution in [0.2, 0.25) is 0 Å². The third kappa shape index (κ3) is 2.41. The second kappa shape index (κ2) is 5.67. The lowest BCUT2D eigenvalue weighted by Crippen LogP contribution is -2.42. The molecule has 1 fully saturated rings. The molecule has 0 aromatic heterocycles. The normalized spacial score (nSPS) is 23.0. The van der Waals surface area contributed by atoms with E-state index in [-0.39, 0.29) is 12.5 Å². The third-order valence-electron chi connectivity index (χ3n) is 5.03. The molecule has 0 saturated carbocycles. The van der Waals surface area contributed by atoms with Gasteiger partial charge in [0.2, 0.25) is 0 Å². The second-order valence-corrected chi connectivity index (χ2v) is 6.48. The lowest BCUT2D eigenvalue weighted by molar-refractivity contribution is -0.132. The molecule has 25 heavy (non-hydrogen) atoms. The maximum atomic E-state index is 13.0. The number of amides is 3. The summed E-state index contributed by atoms with van der Waals surface area (Å²) in [5.41, 5.74) is 1.30. The van der Waals surface area contributed by atoms with Gasteiger partial charge in [0.15, 0.2) is 0 Å². The quantitative estimate of drug-likeness (QED) is 0.842. The Morgan fingerprint density at radius 2 is 1.88 bits per heavy atom. The van der Waals surface area contributed by atoms with Gasteiger partial charge in [-0.25, -0.2) is 9.18 Å². The highest BCUT2D eigenvalue weighted by atomic mass is 19.1. The zero-order valence-electron chi connectivity index (χ0n) is 13.4. The number of fused-ring (bicyclic) bond motifs is 2. The number of aliphatic hydroxyl groups excluding tert-OH is 1. The van der Waals surface area contributed by atoms with E-state index in [0.29, 0.717) is 12.0 Å². The van der Waals surface area contributed by atoms with Crippen molar-refractivity contribution in [2.75, 3.05) is 6.54 Å². The summed E-state index contributed by atoms with van der Waals surface area (Å²) in [6, 6.07) is 12.4. The molecule has 5 nitrogen and oxygen atoms in total. The largest absolute Gasteiger partial charge is 0.387 e. The first kappa shape index (κ1) is 15.8. The van der Waals surface area contributed by atoms with Crippen LogP contribution in [0.5, 0.6) is 0 Å². The highest BCUT2D eigenvalue weighted by molar-refractivity contribution is 6.08. The number of β-amino-alcohol motifs (C(OH)–C–C–N with tert-alkyl or cyclic N) is 1. The van der Waals surface area contributed by atoms with Crippen LogP contribution in [-0.2, 0) is 16.8 Å². The summed E-state index contributed by atoms with van der Waals surface area (Å²) < 4.78 is 13.0. The van der Waals surface area contributed by atoms with E-state index in [9.17, 15) is 19.1 Å². The Hall–Kier alpha value is -2.73. The third-order valence-corrected chi connectivity index (χ3v) is 5.03. The average Bonchev–Trinajstić information content (AvgIpc) is 3.09. The van der Waals surface area contributed by atoms with Gasteiger partial charge in [0.05, 0.1) is 12.6 Å². The molecule has 2 aromatic carbocycles. The van der Waals surface area contributed by atoms with Crippen molar-refractivity contribution in [2.45, 2.75) is 24.5 Å². The number of imide groups is 1. The highest BCUT2D eigenvalue weighted by Crippen LogP contribution is 2.41. The van der Waals surface area contributed by atoms with E-state index in [0.717, 1.165) is 22.4 Å². The summed E-state index contributed by atoms with van der Waals surface area (Å²) >= 11 is 0. The number of nitrogens with one attached hydrogen (secondary N) is 1. The first-order chi connectivity index (χ1) is 12.0. The summed E-state index contributed by atoms with van der Waals surface area (Å²) in [6.45, 7) is -0.166. The summed E-state index contributed by atoms with van der Waals surface area (Å²) in [7, 11) is 0. The predicted molar refractivity (Wildman–Crippen MR) is 88.0 cm³/mol. The van der Waals surface area contributed by atoms with E-state index in [2.05, 4.69) is 5.32 Å². The van der Waals surface area contributed by atoms with Crippen LogP contribution in [0.4, 0.5) is 9.18 Å². The standard InChI is InChI=1S/C19H17FN2O3/c20-14-7-5-13(6-8-14)16(23)11-22-17(24)19(21-18(22)25)10-9-12-3-1-2-4-15(12)19/h1-8,16,23H,9-11H2,(H,21,25)/t16-,19-/m1/s1. The number of aliphatic hydroxyl groups is 1. The van der Waals surface area contributed by atoms with Gasteiger partial charge in [0.1, 0.15) is 11.4 Å². The predicted octanol–water partition coefficient (Wildman–Crippen LogP) is 2.25. The highest BCUT2D eigenvalue weighted by Gasteiger charge is 2.55. The van der Waals surface area contributed by atoms with E-state index in [4.69, 9.17) is 0 Å². The van der Waals surface area contributed by atoms with E-state index in [1.54, 1.807) is 0 Å². The molecule has 4 rings (SSSR count). The Morgan fingerprint density at radius 3 is 2.64 bits per heavy atom. The number of rotatable bonds is 3.